The van der Waals surface area contributed by atoms with Crippen molar-refractivity contribution in [3.8, 4) is 5.75 Å². The van der Waals surface area contributed by atoms with Gasteiger partial charge in [-0.05, 0) is 77.0 Å². The van der Waals surface area contributed by atoms with Gasteiger partial charge in [0.05, 0.1) is 12.0 Å². The number of carbonyl (C=O) groups is 1. The Balaban J connectivity index is 1.38. The van der Waals surface area contributed by atoms with Crippen LogP contribution in [0, 0.1) is 22.7 Å². The molecule has 0 amide bonds. The van der Waals surface area contributed by atoms with Gasteiger partial charge in [0, 0.05) is 19.6 Å². The molecule has 0 radical (unpaired) electrons. The number of likely N-dealkylation sites (tertiary alicyclic amines) is 1. The van der Waals surface area contributed by atoms with E-state index in [1.54, 1.807) is 0 Å². The van der Waals surface area contributed by atoms with Crippen molar-refractivity contribution >= 4 is 16.7 Å². The number of hydrogen-bond donors (Lipinski definition) is 1. The van der Waals surface area contributed by atoms with Crippen LogP contribution in [0.25, 0.3) is 10.8 Å². The van der Waals surface area contributed by atoms with Gasteiger partial charge in [0.1, 0.15) is 5.75 Å². The highest BCUT2D eigenvalue weighted by Crippen LogP contribution is 2.39. The Morgan fingerprint density at radius 3 is 2.34 bits per heavy atom. The van der Waals surface area contributed by atoms with Crippen LogP contribution in [0.3, 0.4) is 0 Å². The quantitative estimate of drug-likeness (QED) is 0.591. The molecule has 0 bridgehead atoms. The van der Waals surface area contributed by atoms with Crippen molar-refractivity contribution in [3.63, 3.8) is 0 Å². The SMILES string of the molecule is CC(C)(C)C1CCC(Oc2ccc3cc(CN4CC(C(=O)O)C(C)(C)C4)ccc3c2)CC1. The van der Waals surface area contributed by atoms with E-state index in [0.29, 0.717) is 18.1 Å². The summed E-state index contributed by atoms with van der Waals surface area (Å²) in [4.78, 5) is 13.9. The Labute approximate surface area is 192 Å². The first-order valence-corrected chi connectivity index (χ1v) is 12.2. The van der Waals surface area contributed by atoms with Gasteiger partial charge in [0.2, 0.25) is 0 Å². The monoisotopic (exact) mass is 437 g/mol. The normalized spacial score (nSPS) is 26.3. The summed E-state index contributed by atoms with van der Waals surface area (Å²) >= 11 is 0. The number of fused-ring (bicyclic) bond motifs is 1. The van der Waals surface area contributed by atoms with E-state index >= 15 is 0 Å². The summed E-state index contributed by atoms with van der Waals surface area (Å²) < 4.78 is 6.36. The van der Waals surface area contributed by atoms with Gasteiger partial charge >= 0.3 is 5.97 Å². The van der Waals surface area contributed by atoms with Crippen molar-refractivity contribution in [2.24, 2.45) is 22.7 Å². The molecule has 1 aliphatic heterocycles. The first-order valence-electron chi connectivity index (χ1n) is 12.2. The van der Waals surface area contributed by atoms with E-state index in [-0.39, 0.29) is 11.3 Å². The van der Waals surface area contributed by atoms with E-state index in [4.69, 9.17) is 4.74 Å². The van der Waals surface area contributed by atoms with E-state index in [9.17, 15) is 9.90 Å². The summed E-state index contributed by atoms with van der Waals surface area (Å²) in [6, 6.07) is 13.0. The summed E-state index contributed by atoms with van der Waals surface area (Å²) in [5, 5.41) is 11.9. The number of aliphatic carboxylic acids is 1. The number of hydrogen-bond acceptors (Lipinski definition) is 3. The first-order chi connectivity index (χ1) is 15.0. The largest absolute Gasteiger partial charge is 0.490 e. The minimum absolute atomic E-state index is 0.194. The van der Waals surface area contributed by atoms with Crippen LogP contribution in [0.4, 0.5) is 0 Å². The lowest BCUT2D eigenvalue weighted by atomic mass is 9.72. The fourth-order valence-electron chi connectivity index (χ4n) is 5.73. The Bertz CT molecular complexity index is 966. The third-order valence-corrected chi connectivity index (χ3v) is 7.80. The van der Waals surface area contributed by atoms with Gasteiger partial charge in [-0.1, -0.05) is 52.8 Å². The summed E-state index contributed by atoms with van der Waals surface area (Å²) in [7, 11) is 0. The zero-order chi connectivity index (χ0) is 23.1. The number of benzene rings is 2. The molecule has 1 aliphatic carbocycles. The maximum Gasteiger partial charge on any atom is 0.308 e. The lowest BCUT2D eigenvalue weighted by Crippen LogP contribution is -2.30. The molecule has 4 nitrogen and oxygen atoms in total. The van der Waals surface area contributed by atoms with Crippen molar-refractivity contribution in [1.82, 2.24) is 4.90 Å². The lowest BCUT2D eigenvalue weighted by molar-refractivity contribution is -0.144. The fraction of sp³-hybridized carbons (Fsp3) is 0.607. The topological polar surface area (TPSA) is 49.8 Å². The van der Waals surface area contributed by atoms with Crippen molar-refractivity contribution in [2.45, 2.75) is 73.0 Å². The fourth-order valence-corrected chi connectivity index (χ4v) is 5.73. The molecular weight excluding hydrogens is 398 g/mol. The molecule has 0 aromatic heterocycles. The number of ether oxygens (including phenoxy) is 1. The van der Waals surface area contributed by atoms with Crippen molar-refractivity contribution in [2.75, 3.05) is 13.1 Å². The van der Waals surface area contributed by atoms with Crippen molar-refractivity contribution in [1.29, 1.82) is 0 Å². The van der Waals surface area contributed by atoms with Crippen LogP contribution in [-0.4, -0.2) is 35.2 Å². The highest BCUT2D eigenvalue weighted by molar-refractivity contribution is 5.84. The van der Waals surface area contributed by atoms with E-state index in [0.717, 1.165) is 37.6 Å². The van der Waals surface area contributed by atoms with E-state index in [1.807, 2.05) is 0 Å². The molecule has 1 saturated carbocycles. The van der Waals surface area contributed by atoms with Gasteiger partial charge in [-0.25, -0.2) is 0 Å². The van der Waals surface area contributed by atoms with Gasteiger partial charge in [-0.3, -0.25) is 9.69 Å². The number of carboxylic acids is 1. The first kappa shape index (κ1) is 23.1. The molecule has 4 heteroatoms. The number of carboxylic acid groups (broad SMARTS) is 1. The predicted molar refractivity (Wildman–Crippen MR) is 130 cm³/mol. The standard InChI is InChI=1S/C28H39NO3/c1-27(2,3)22-9-12-23(13-10-22)32-24-11-8-20-14-19(6-7-21(20)15-24)16-29-17-25(26(30)31)28(4,5)18-29/h6-8,11,14-15,22-23,25H,9-10,12-13,16-18H2,1-5H3,(H,30,31). The third kappa shape index (κ3) is 5.11. The van der Waals surface area contributed by atoms with Crippen LogP contribution in [-0.2, 0) is 11.3 Å². The molecule has 1 saturated heterocycles. The van der Waals surface area contributed by atoms with Crippen molar-refractivity contribution in [3.05, 3.63) is 42.0 Å². The molecule has 1 atom stereocenters. The second kappa shape index (κ2) is 8.70. The molecule has 2 aromatic carbocycles. The molecule has 2 fully saturated rings. The van der Waals surface area contributed by atoms with Crippen molar-refractivity contribution < 1.29 is 14.6 Å². The predicted octanol–water partition coefficient (Wildman–Crippen LogP) is 6.37. The summed E-state index contributed by atoms with van der Waals surface area (Å²) in [5.41, 5.74) is 1.43. The Hall–Kier alpha value is -2.07. The average Bonchev–Trinajstić information content (AvgIpc) is 3.02. The minimum Gasteiger partial charge on any atom is -0.490 e. The number of nitrogens with zero attached hydrogens (tertiary/aromatic N) is 1. The summed E-state index contributed by atoms with van der Waals surface area (Å²) in [5.74, 6) is 0.774. The molecule has 4 rings (SSSR count). The lowest BCUT2D eigenvalue weighted by Gasteiger charge is -2.37. The van der Waals surface area contributed by atoms with Gasteiger partial charge in [0.25, 0.3) is 0 Å². The van der Waals surface area contributed by atoms with Gasteiger partial charge in [0.15, 0.2) is 0 Å². The molecule has 1 N–H and O–H groups in total. The second-order valence-corrected chi connectivity index (χ2v) is 11.8. The van der Waals surface area contributed by atoms with E-state index < -0.39 is 5.97 Å². The van der Waals surface area contributed by atoms with Crippen LogP contribution < -0.4 is 4.74 Å². The molecule has 2 aromatic rings. The zero-order valence-corrected chi connectivity index (χ0v) is 20.4. The molecule has 0 spiro atoms. The molecule has 2 aliphatic rings. The van der Waals surface area contributed by atoms with Gasteiger partial charge in [-0.2, -0.15) is 0 Å². The van der Waals surface area contributed by atoms with E-state index in [2.05, 4.69) is 75.9 Å². The van der Waals surface area contributed by atoms with E-state index in [1.165, 1.54) is 29.2 Å². The maximum absolute atomic E-state index is 11.6. The molecular formula is C28H39NO3. The van der Waals surface area contributed by atoms with Gasteiger partial charge in [-0.15, -0.1) is 0 Å². The Kier molecular flexibility index (Phi) is 6.28. The van der Waals surface area contributed by atoms with Crippen LogP contribution in [0.1, 0.15) is 65.9 Å². The molecule has 174 valence electrons. The molecule has 1 heterocycles. The maximum atomic E-state index is 11.6. The molecule has 1 unspecified atom stereocenters. The smallest absolute Gasteiger partial charge is 0.308 e. The zero-order valence-electron chi connectivity index (χ0n) is 20.4. The van der Waals surface area contributed by atoms with Gasteiger partial charge < -0.3 is 9.84 Å². The Morgan fingerprint density at radius 2 is 1.72 bits per heavy atom. The summed E-state index contributed by atoms with van der Waals surface area (Å²) in [6.07, 6.45) is 5.11. The second-order valence-electron chi connectivity index (χ2n) is 11.8. The van der Waals surface area contributed by atoms with Crippen LogP contribution in [0.2, 0.25) is 0 Å². The van der Waals surface area contributed by atoms with Crippen LogP contribution in [0.15, 0.2) is 36.4 Å². The Morgan fingerprint density at radius 1 is 1.06 bits per heavy atom. The highest BCUT2D eigenvalue weighted by atomic mass is 16.5. The minimum atomic E-state index is -0.685. The van der Waals surface area contributed by atoms with Crippen LogP contribution in [0.5, 0.6) is 5.75 Å². The van der Waals surface area contributed by atoms with Crippen LogP contribution >= 0.6 is 0 Å². The number of rotatable bonds is 5. The third-order valence-electron chi connectivity index (χ3n) is 7.80. The summed E-state index contributed by atoms with van der Waals surface area (Å²) in [6.45, 7) is 13.4. The average molecular weight is 438 g/mol. The highest BCUT2D eigenvalue weighted by Gasteiger charge is 2.43. The molecule has 32 heavy (non-hydrogen) atoms.